The third-order valence-corrected chi connectivity index (χ3v) is 5.65. The molecule has 3 rings (SSSR count). The highest BCUT2D eigenvalue weighted by Gasteiger charge is 2.12. The quantitative estimate of drug-likeness (QED) is 0.486. The molecule has 29 heavy (non-hydrogen) atoms. The second kappa shape index (κ2) is 8.72. The molecule has 0 spiro atoms. The fourth-order valence-corrected chi connectivity index (χ4v) is 3.66. The second-order valence-electron chi connectivity index (χ2n) is 5.91. The van der Waals surface area contributed by atoms with Crippen LogP contribution in [-0.2, 0) is 16.6 Å². The summed E-state index contributed by atoms with van der Waals surface area (Å²) in [6, 6.07) is 9.67. The van der Waals surface area contributed by atoms with Crippen molar-refractivity contribution < 1.29 is 17.2 Å². The lowest BCUT2D eigenvalue weighted by molar-refractivity contribution is 0.509. The van der Waals surface area contributed by atoms with Crippen LogP contribution in [0, 0.1) is 11.6 Å². The summed E-state index contributed by atoms with van der Waals surface area (Å²) >= 11 is 1.47. The second-order valence-corrected chi connectivity index (χ2v) is 8.32. The molecule has 0 saturated heterocycles. The van der Waals surface area contributed by atoms with E-state index in [0.717, 1.165) is 22.6 Å². The fraction of sp³-hybridized carbons (Fsp3) is 0.111. The van der Waals surface area contributed by atoms with Gasteiger partial charge in [0.25, 0.3) is 0 Å². The van der Waals surface area contributed by atoms with Crippen molar-refractivity contribution in [3.63, 3.8) is 0 Å². The highest BCUT2D eigenvalue weighted by molar-refractivity contribution is 7.98. The fourth-order valence-electron chi connectivity index (χ4n) is 2.50. The number of aromatic nitrogens is 2. The molecule has 1 aromatic heterocycles. The Balaban J connectivity index is 1.76. The molecule has 3 aromatic rings. The maximum atomic E-state index is 13.3. The van der Waals surface area contributed by atoms with Gasteiger partial charge in [0.15, 0.2) is 11.6 Å². The van der Waals surface area contributed by atoms with Crippen LogP contribution in [0.3, 0.4) is 0 Å². The summed E-state index contributed by atoms with van der Waals surface area (Å²) in [6.45, 7) is 0.293. The van der Waals surface area contributed by atoms with Crippen LogP contribution in [0.25, 0.3) is 0 Å². The van der Waals surface area contributed by atoms with Gasteiger partial charge < -0.3 is 10.6 Å². The molecule has 0 atom stereocenters. The summed E-state index contributed by atoms with van der Waals surface area (Å²) in [4.78, 5) is 9.06. The van der Waals surface area contributed by atoms with Gasteiger partial charge in [-0.15, -0.1) is 11.8 Å². The average molecular weight is 437 g/mol. The molecule has 7 nitrogen and oxygen atoms in total. The minimum Gasteiger partial charge on any atom is -0.366 e. The SMILES string of the molecule is CSc1ccc(S(N)(=O)=O)cc1CNc1cc(Nc2ccc(F)c(F)c2)ncn1. The van der Waals surface area contributed by atoms with Crippen LogP contribution in [0.5, 0.6) is 0 Å². The number of nitrogens with one attached hydrogen (secondary N) is 2. The minimum atomic E-state index is -3.81. The molecule has 0 amide bonds. The van der Waals surface area contributed by atoms with Gasteiger partial charge in [0.1, 0.15) is 18.0 Å². The van der Waals surface area contributed by atoms with Crippen molar-refractivity contribution in [1.29, 1.82) is 0 Å². The lowest BCUT2D eigenvalue weighted by atomic mass is 10.2. The topological polar surface area (TPSA) is 110 Å². The van der Waals surface area contributed by atoms with Crippen molar-refractivity contribution in [3.8, 4) is 0 Å². The van der Waals surface area contributed by atoms with E-state index >= 15 is 0 Å². The van der Waals surface area contributed by atoms with Crippen LogP contribution in [0.15, 0.2) is 58.6 Å². The van der Waals surface area contributed by atoms with E-state index < -0.39 is 21.7 Å². The van der Waals surface area contributed by atoms with Gasteiger partial charge in [0.05, 0.1) is 4.90 Å². The average Bonchev–Trinajstić information content (AvgIpc) is 2.68. The summed E-state index contributed by atoms with van der Waals surface area (Å²) in [5.41, 5.74) is 1.07. The van der Waals surface area contributed by atoms with Gasteiger partial charge in [0.2, 0.25) is 10.0 Å². The maximum Gasteiger partial charge on any atom is 0.238 e. The van der Waals surface area contributed by atoms with E-state index in [4.69, 9.17) is 5.14 Å². The van der Waals surface area contributed by atoms with E-state index in [1.807, 2.05) is 6.26 Å². The van der Waals surface area contributed by atoms with Crippen LogP contribution >= 0.6 is 11.8 Å². The molecule has 0 aliphatic heterocycles. The van der Waals surface area contributed by atoms with Crippen LogP contribution in [-0.4, -0.2) is 24.6 Å². The zero-order chi connectivity index (χ0) is 21.0. The Kier molecular flexibility index (Phi) is 6.30. The maximum absolute atomic E-state index is 13.3. The summed E-state index contributed by atoms with van der Waals surface area (Å²) in [6.07, 6.45) is 3.19. The highest BCUT2D eigenvalue weighted by atomic mass is 32.2. The van der Waals surface area contributed by atoms with Crippen molar-refractivity contribution in [3.05, 3.63) is 66.0 Å². The zero-order valence-corrected chi connectivity index (χ0v) is 16.8. The first-order chi connectivity index (χ1) is 13.8. The molecule has 0 bridgehead atoms. The van der Waals surface area contributed by atoms with E-state index in [-0.39, 0.29) is 4.90 Å². The Bertz CT molecular complexity index is 1140. The molecule has 0 fully saturated rings. The predicted molar refractivity (Wildman–Crippen MR) is 109 cm³/mol. The Morgan fingerprint density at radius 2 is 1.79 bits per heavy atom. The van der Waals surface area contributed by atoms with Gasteiger partial charge in [-0.25, -0.2) is 32.3 Å². The number of hydrogen-bond donors (Lipinski definition) is 3. The van der Waals surface area contributed by atoms with Crippen molar-refractivity contribution >= 4 is 39.1 Å². The van der Waals surface area contributed by atoms with Crippen LogP contribution in [0.2, 0.25) is 0 Å². The summed E-state index contributed by atoms with van der Waals surface area (Å²) in [5.74, 6) is -1.08. The van der Waals surface area contributed by atoms with Gasteiger partial charge in [-0.1, -0.05) is 0 Å². The molecule has 0 saturated carbocycles. The number of sulfonamides is 1. The van der Waals surface area contributed by atoms with Crippen LogP contribution in [0.4, 0.5) is 26.1 Å². The van der Waals surface area contributed by atoms with Crippen molar-refractivity contribution in [2.75, 3.05) is 16.9 Å². The van der Waals surface area contributed by atoms with Gasteiger partial charge in [-0.3, -0.25) is 0 Å². The van der Waals surface area contributed by atoms with Crippen LogP contribution < -0.4 is 15.8 Å². The number of rotatable bonds is 7. The Morgan fingerprint density at radius 3 is 2.48 bits per heavy atom. The summed E-state index contributed by atoms with van der Waals surface area (Å²) in [5, 5.41) is 11.2. The molecule has 0 unspecified atom stereocenters. The summed E-state index contributed by atoms with van der Waals surface area (Å²) < 4.78 is 49.6. The van der Waals surface area contributed by atoms with Crippen molar-refractivity contribution in [2.24, 2.45) is 5.14 Å². The van der Waals surface area contributed by atoms with E-state index in [0.29, 0.717) is 23.9 Å². The van der Waals surface area contributed by atoms with Gasteiger partial charge in [-0.05, 0) is 42.2 Å². The number of benzene rings is 2. The summed E-state index contributed by atoms with van der Waals surface area (Å²) in [7, 11) is -3.81. The Hall–Kier alpha value is -2.76. The van der Waals surface area contributed by atoms with E-state index in [9.17, 15) is 17.2 Å². The van der Waals surface area contributed by atoms with Gasteiger partial charge in [0, 0.05) is 29.3 Å². The highest BCUT2D eigenvalue weighted by Crippen LogP contribution is 2.25. The molecule has 4 N–H and O–H groups in total. The lowest BCUT2D eigenvalue weighted by Crippen LogP contribution is -2.13. The molecular weight excluding hydrogens is 420 g/mol. The van der Waals surface area contributed by atoms with Gasteiger partial charge in [-0.2, -0.15) is 0 Å². The third kappa shape index (κ3) is 5.40. The van der Waals surface area contributed by atoms with Crippen molar-refractivity contribution in [2.45, 2.75) is 16.3 Å². The molecule has 11 heteroatoms. The number of nitrogens with two attached hydrogens (primary N) is 1. The molecule has 2 aromatic carbocycles. The first-order valence-corrected chi connectivity index (χ1v) is 11.0. The molecule has 0 radical (unpaired) electrons. The number of anilines is 3. The molecule has 0 aliphatic carbocycles. The first-order valence-electron chi connectivity index (χ1n) is 8.24. The largest absolute Gasteiger partial charge is 0.366 e. The monoisotopic (exact) mass is 437 g/mol. The number of hydrogen-bond acceptors (Lipinski definition) is 7. The number of thioether (sulfide) groups is 1. The molecule has 0 aliphatic rings. The normalized spacial score (nSPS) is 11.3. The molecular formula is C18H17F2N5O2S2. The number of nitrogens with zero attached hydrogens (tertiary/aromatic N) is 2. The van der Waals surface area contributed by atoms with Crippen LogP contribution in [0.1, 0.15) is 5.56 Å². The van der Waals surface area contributed by atoms with E-state index in [1.54, 1.807) is 12.1 Å². The molecule has 152 valence electrons. The Labute approximate surface area is 170 Å². The number of halogens is 2. The van der Waals surface area contributed by atoms with E-state index in [1.165, 1.54) is 36.3 Å². The third-order valence-electron chi connectivity index (χ3n) is 3.90. The molecule has 1 heterocycles. The zero-order valence-electron chi connectivity index (χ0n) is 15.2. The lowest BCUT2D eigenvalue weighted by Gasteiger charge is -2.12. The van der Waals surface area contributed by atoms with Crippen molar-refractivity contribution in [1.82, 2.24) is 9.97 Å². The Morgan fingerprint density at radius 1 is 1.03 bits per heavy atom. The smallest absolute Gasteiger partial charge is 0.238 e. The predicted octanol–water partition coefficient (Wildman–Crippen LogP) is 3.48. The minimum absolute atomic E-state index is 0.0236. The number of primary sulfonamides is 1. The standard InChI is InChI=1S/C18H17F2N5O2S2/c1-28-16-5-3-13(29(21,26)27)6-11(16)9-22-17-8-18(24-10-23-17)25-12-2-4-14(19)15(20)7-12/h2-8,10H,9H2,1H3,(H2,21,26,27)(H2,22,23,24,25). The van der Waals surface area contributed by atoms with E-state index in [2.05, 4.69) is 20.6 Å². The first kappa shape index (κ1) is 21.0. The van der Waals surface area contributed by atoms with Gasteiger partial charge >= 0.3 is 0 Å².